The van der Waals surface area contributed by atoms with E-state index in [9.17, 15) is 4.79 Å². The van der Waals surface area contributed by atoms with Gasteiger partial charge in [-0.25, -0.2) is 9.97 Å². The number of carbonyl (C=O) groups excluding carboxylic acids is 1. The van der Waals surface area contributed by atoms with Crippen molar-refractivity contribution < 1.29 is 14.3 Å². The van der Waals surface area contributed by atoms with Crippen LogP contribution in [0, 0.1) is 6.92 Å². The van der Waals surface area contributed by atoms with Crippen LogP contribution in [-0.2, 0) is 4.79 Å². The van der Waals surface area contributed by atoms with E-state index in [4.69, 9.17) is 37.7 Å². The smallest absolute Gasteiger partial charge is 0.247 e. The number of amides is 1. The second-order valence-electron chi connectivity index (χ2n) is 9.59. The van der Waals surface area contributed by atoms with Crippen molar-refractivity contribution in [3.63, 3.8) is 0 Å². The molecule has 2 heterocycles. The average molecular weight is 627 g/mol. The first-order valence-electron chi connectivity index (χ1n) is 13.2. The normalized spacial score (nSPS) is 11.0. The molecule has 220 valence electrons. The molecule has 4 rings (SSSR count). The highest BCUT2D eigenvalue weighted by atomic mass is 35.5. The number of hydrogen-bond donors (Lipinski definition) is 3. The Hall–Kier alpha value is -3.66. The lowest BCUT2D eigenvalue weighted by Gasteiger charge is -2.18. The molecule has 0 aliphatic carbocycles. The molecule has 0 aliphatic heterocycles. The van der Waals surface area contributed by atoms with Gasteiger partial charge in [0.15, 0.2) is 0 Å². The Labute approximate surface area is 260 Å². The maximum atomic E-state index is 12.0. The first-order valence-corrected chi connectivity index (χ1v) is 15.0. The summed E-state index contributed by atoms with van der Waals surface area (Å²) in [4.78, 5) is 21.7. The molecule has 1 amide bonds. The van der Waals surface area contributed by atoms with E-state index in [0.29, 0.717) is 61.9 Å². The van der Waals surface area contributed by atoms with Gasteiger partial charge in [0, 0.05) is 40.9 Å². The van der Waals surface area contributed by atoms with Crippen LogP contribution >= 0.6 is 35.0 Å². The van der Waals surface area contributed by atoms with Crippen LogP contribution in [0.4, 0.5) is 23.0 Å². The summed E-state index contributed by atoms with van der Waals surface area (Å²) in [5.41, 5.74) is 3.34. The first kappa shape index (κ1) is 31.3. The number of methoxy groups -OCH3 is 2. The van der Waals surface area contributed by atoms with E-state index >= 15 is 0 Å². The molecule has 0 saturated heterocycles. The monoisotopic (exact) mass is 625 g/mol. The van der Waals surface area contributed by atoms with Gasteiger partial charge >= 0.3 is 0 Å². The van der Waals surface area contributed by atoms with Crippen LogP contribution in [0.15, 0.2) is 55.3 Å². The second-order valence-corrected chi connectivity index (χ2v) is 12.0. The number of para-hydroxylation sites is 1. The van der Waals surface area contributed by atoms with Gasteiger partial charge in [-0.05, 0) is 42.0 Å². The Kier molecular flexibility index (Phi) is 10.4. The number of aryl methyl sites for hydroxylation is 1. The van der Waals surface area contributed by atoms with Gasteiger partial charge in [0.25, 0.3) is 0 Å². The lowest BCUT2D eigenvalue weighted by atomic mass is 10.1. The number of benzene rings is 2. The van der Waals surface area contributed by atoms with Crippen LogP contribution in [-0.4, -0.2) is 47.6 Å². The Bertz CT molecular complexity index is 1600. The van der Waals surface area contributed by atoms with Crippen LogP contribution in [0.25, 0.3) is 22.0 Å². The predicted octanol–water partition coefficient (Wildman–Crippen LogP) is 8.35. The number of ether oxygens (including phenoxy) is 2. The average Bonchev–Trinajstić information content (AvgIpc) is 2.97. The van der Waals surface area contributed by atoms with Crippen molar-refractivity contribution in [2.75, 3.05) is 42.5 Å². The van der Waals surface area contributed by atoms with Gasteiger partial charge < -0.3 is 25.4 Å². The Morgan fingerprint density at radius 3 is 2.48 bits per heavy atom. The van der Waals surface area contributed by atoms with E-state index in [-0.39, 0.29) is 5.91 Å². The molecule has 0 saturated carbocycles. The molecule has 0 atom stereocenters. The number of nitrogens with zero attached hydrogens (tertiary/aromatic N) is 2. The van der Waals surface area contributed by atoms with Gasteiger partial charge in [-0.1, -0.05) is 55.8 Å². The van der Waals surface area contributed by atoms with Gasteiger partial charge in [0.05, 0.1) is 41.3 Å². The highest BCUT2D eigenvalue weighted by Gasteiger charge is 2.21. The molecule has 2 aromatic carbocycles. The van der Waals surface area contributed by atoms with E-state index in [0.717, 1.165) is 27.8 Å². The van der Waals surface area contributed by atoms with E-state index in [1.165, 1.54) is 20.3 Å². The molecule has 3 N–H and O–H groups in total. The number of nitrogens with one attached hydrogen (secondary N) is 3. The number of pyridine rings is 2. The summed E-state index contributed by atoms with van der Waals surface area (Å²) in [6, 6.07) is 11.1. The van der Waals surface area contributed by atoms with Crippen LogP contribution in [0.3, 0.4) is 0 Å². The molecule has 11 heteroatoms. The SMILES string of the molecule is C=CC(=O)Nc1cccc(C)c1Nc1cc2c(NCCSC(C)C)nc(-c3c(Cl)c(OC)cc(OC)c3Cl)cc2cn1. The Morgan fingerprint density at radius 1 is 1.12 bits per heavy atom. The highest BCUT2D eigenvalue weighted by molar-refractivity contribution is 7.99. The molecule has 0 bridgehead atoms. The van der Waals surface area contributed by atoms with E-state index in [1.54, 1.807) is 12.3 Å². The van der Waals surface area contributed by atoms with Crippen LogP contribution in [0.5, 0.6) is 11.5 Å². The molecule has 2 aromatic heterocycles. The van der Waals surface area contributed by atoms with Crippen LogP contribution in [0.1, 0.15) is 19.4 Å². The summed E-state index contributed by atoms with van der Waals surface area (Å²) in [6.45, 7) is 10.5. The van der Waals surface area contributed by atoms with E-state index < -0.39 is 0 Å². The molecule has 0 spiro atoms. The number of aromatic nitrogens is 2. The lowest BCUT2D eigenvalue weighted by Crippen LogP contribution is -2.10. The zero-order valence-electron chi connectivity index (χ0n) is 24.1. The molecule has 0 aliphatic rings. The standard InChI is InChI=1S/C31H33Cl2N5O3S/c1-7-26(39)36-21-10-8-9-18(4)30(21)38-25-14-20-19(16-35-25)13-22(37-31(20)34-11-12-42-17(2)3)27-28(32)23(40-5)15-24(41-6)29(27)33/h7-10,13-17H,1,11-12H2,2-6H3,(H,34,37)(H,35,38)(H,36,39). The van der Waals surface area contributed by atoms with Gasteiger partial charge in [-0.2, -0.15) is 11.8 Å². The quantitative estimate of drug-likeness (QED) is 0.107. The van der Waals surface area contributed by atoms with Crippen molar-refractivity contribution in [3.8, 4) is 22.8 Å². The fourth-order valence-corrected chi connectivity index (χ4v) is 5.69. The first-order chi connectivity index (χ1) is 20.2. The maximum absolute atomic E-state index is 12.0. The topological polar surface area (TPSA) is 97.4 Å². The Morgan fingerprint density at radius 2 is 1.83 bits per heavy atom. The maximum Gasteiger partial charge on any atom is 0.247 e. The molecule has 4 aromatic rings. The zero-order chi connectivity index (χ0) is 30.4. The van der Waals surface area contributed by atoms with Crippen molar-refractivity contribution in [2.45, 2.75) is 26.0 Å². The molecule has 0 radical (unpaired) electrons. The van der Waals surface area contributed by atoms with Crippen molar-refractivity contribution in [1.82, 2.24) is 9.97 Å². The van der Waals surface area contributed by atoms with Crippen LogP contribution in [0.2, 0.25) is 10.0 Å². The Balaban J connectivity index is 1.82. The minimum Gasteiger partial charge on any atom is -0.495 e. The summed E-state index contributed by atoms with van der Waals surface area (Å²) in [7, 11) is 3.07. The van der Waals surface area contributed by atoms with E-state index in [2.05, 4.69) is 41.4 Å². The number of anilines is 4. The fraction of sp³-hybridized carbons (Fsp3) is 0.258. The van der Waals surface area contributed by atoms with Crippen molar-refractivity contribution in [3.05, 3.63) is 70.9 Å². The summed E-state index contributed by atoms with van der Waals surface area (Å²) < 4.78 is 11.0. The summed E-state index contributed by atoms with van der Waals surface area (Å²) in [5.74, 6) is 2.67. The third-order valence-corrected chi connectivity index (χ3v) is 8.22. The minimum absolute atomic E-state index is 0.302. The number of fused-ring (bicyclic) bond motifs is 1. The number of rotatable bonds is 12. The number of carbonyl (C=O) groups is 1. The van der Waals surface area contributed by atoms with Gasteiger partial charge in [-0.3, -0.25) is 4.79 Å². The summed E-state index contributed by atoms with van der Waals surface area (Å²) >= 11 is 15.3. The third-order valence-electron chi connectivity index (χ3n) is 6.36. The molecule has 42 heavy (non-hydrogen) atoms. The van der Waals surface area contributed by atoms with Crippen LogP contribution < -0.4 is 25.4 Å². The van der Waals surface area contributed by atoms with Gasteiger partial charge in [-0.15, -0.1) is 0 Å². The number of thioether (sulfide) groups is 1. The largest absolute Gasteiger partial charge is 0.495 e. The summed E-state index contributed by atoms with van der Waals surface area (Å²) in [5, 5.41) is 12.5. The van der Waals surface area contributed by atoms with Gasteiger partial charge in [0.2, 0.25) is 5.91 Å². The van der Waals surface area contributed by atoms with Crippen molar-refractivity contribution in [1.29, 1.82) is 0 Å². The minimum atomic E-state index is -0.302. The highest BCUT2D eigenvalue weighted by Crippen LogP contribution is 2.46. The molecular weight excluding hydrogens is 593 g/mol. The second kappa shape index (κ2) is 14.0. The zero-order valence-corrected chi connectivity index (χ0v) is 26.4. The van der Waals surface area contributed by atoms with Gasteiger partial charge in [0.1, 0.15) is 23.1 Å². The molecule has 8 nitrogen and oxygen atoms in total. The third kappa shape index (κ3) is 7.03. The lowest BCUT2D eigenvalue weighted by molar-refractivity contribution is -0.111. The number of halogens is 2. The van der Waals surface area contributed by atoms with Crippen molar-refractivity contribution >= 4 is 74.7 Å². The predicted molar refractivity (Wildman–Crippen MR) is 177 cm³/mol. The molecule has 0 unspecified atom stereocenters. The fourth-order valence-electron chi connectivity index (χ4n) is 4.30. The number of hydrogen-bond acceptors (Lipinski definition) is 8. The van der Waals surface area contributed by atoms with Crippen molar-refractivity contribution in [2.24, 2.45) is 0 Å². The van der Waals surface area contributed by atoms with E-state index in [1.807, 2.05) is 49.0 Å². The summed E-state index contributed by atoms with van der Waals surface area (Å²) in [6.07, 6.45) is 2.99. The molecule has 0 fully saturated rings. The molecular formula is C31H33Cl2N5O3S.